The Kier molecular flexibility index (Phi) is 5.38. The molecular formula is C31H29N5O3. The highest BCUT2D eigenvalue weighted by atomic mass is 16.3. The Morgan fingerprint density at radius 1 is 1.10 bits per heavy atom. The molecule has 2 aromatic heterocycles. The molecule has 0 aliphatic heterocycles. The molecule has 3 unspecified atom stereocenters. The third-order valence-electron chi connectivity index (χ3n) is 8.75. The van der Waals surface area contributed by atoms with E-state index >= 15 is 0 Å². The lowest BCUT2D eigenvalue weighted by molar-refractivity contribution is -0.128. The first kappa shape index (κ1) is 24.0. The molecule has 3 saturated carbocycles. The summed E-state index contributed by atoms with van der Waals surface area (Å²) in [6.07, 6.45) is 0.961. The van der Waals surface area contributed by atoms with Gasteiger partial charge in [-0.2, -0.15) is 0 Å². The minimum absolute atomic E-state index is 0.0895. The molecule has 7 rings (SSSR count). The zero-order chi connectivity index (χ0) is 26.9. The molecule has 196 valence electrons. The fraction of sp³-hybridized carbons (Fsp3) is 0.355. The maximum absolute atomic E-state index is 12.4. The first-order valence-electron chi connectivity index (χ1n) is 13.4. The SMILES string of the molecule is CC(=O)[C@]12CC1[C@@H](n1cnc3c(N[C@@H]4CC4c4ccccc4)nc(C#Cc4cccc(C)c4)nc31)[C@H](O)C2O. The molecule has 3 N–H and O–H groups in total. The maximum Gasteiger partial charge on any atom is 0.209 e. The Labute approximate surface area is 226 Å². The number of aliphatic hydroxyl groups is 2. The van der Waals surface area contributed by atoms with Gasteiger partial charge in [-0.15, -0.1) is 0 Å². The normalized spacial score (nSPS) is 30.4. The summed E-state index contributed by atoms with van der Waals surface area (Å²) in [5.74, 6) is 7.34. The number of ketones is 1. The number of imidazole rings is 1. The average molecular weight is 520 g/mol. The lowest BCUT2D eigenvalue weighted by Crippen LogP contribution is -2.36. The maximum atomic E-state index is 12.4. The first-order chi connectivity index (χ1) is 18.9. The number of aryl methyl sites for hydroxylation is 1. The Hall–Kier alpha value is -4.06. The van der Waals surface area contributed by atoms with E-state index in [1.807, 2.05) is 37.3 Å². The van der Waals surface area contributed by atoms with E-state index in [0.29, 0.717) is 35.1 Å². The van der Waals surface area contributed by atoms with Crippen molar-refractivity contribution < 1.29 is 15.0 Å². The van der Waals surface area contributed by atoms with Crippen molar-refractivity contribution in [3.63, 3.8) is 0 Å². The largest absolute Gasteiger partial charge is 0.389 e. The Balaban J connectivity index is 1.29. The van der Waals surface area contributed by atoms with Crippen molar-refractivity contribution in [2.45, 2.75) is 56.9 Å². The van der Waals surface area contributed by atoms with Crippen LogP contribution in [0.2, 0.25) is 0 Å². The van der Waals surface area contributed by atoms with Gasteiger partial charge in [-0.25, -0.2) is 15.0 Å². The van der Waals surface area contributed by atoms with Crippen LogP contribution in [0.15, 0.2) is 60.9 Å². The summed E-state index contributed by atoms with van der Waals surface area (Å²) in [4.78, 5) is 26.6. The van der Waals surface area contributed by atoms with E-state index in [-0.39, 0.29) is 17.7 Å². The second-order valence-corrected chi connectivity index (χ2v) is 11.2. The van der Waals surface area contributed by atoms with Crippen LogP contribution >= 0.6 is 0 Å². The smallest absolute Gasteiger partial charge is 0.209 e. The number of nitrogens with zero attached hydrogens (tertiary/aromatic N) is 4. The quantitative estimate of drug-likeness (QED) is 0.347. The third kappa shape index (κ3) is 3.84. The average Bonchev–Trinajstić information content (AvgIpc) is 3.81. The van der Waals surface area contributed by atoms with Crippen molar-refractivity contribution in [1.29, 1.82) is 0 Å². The first-order valence-corrected chi connectivity index (χ1v) is 13.4. The van der Waals surface area contributed by atoms with E-state index < -0.39 is 23.7 Å². The molecule has 3 aliphatic carbocycles. The predicted molar refractivity (Wildman–Crippen MR) is 146 cm³/mol. The van der Waals surface area contributed by atoms with Gasteiger partial charge < -0.3 is 20.1 Å². The van der Waals surface area contributed by atoms with Gasteiger partial charge in [0.25, 0.3) is 0 Å². The number of rotatable bonds is 5. The highest BCUT2D eigenvalue weighted by molar-refractivity contribution is 5.88. The fourth-order valence-corrected chi connectivity index (χ4v) is 6.51. The van der Waals surface area contributed by atoms with Gasteiger partial charge in [-0.05, 0) is 61.8 Å². The van der Waals surface area contributed by atoms with Gasteiger partial charge >= 0.3 is 0 Å². The van der Waals surface area contributed by atoms with Crippen molar-refractivity contribution in [3.8, 4) is 11.8 Å². The predicted octanol–water partition coefficient (Wildman–Crippen LogP) is 3.37. The molecule has 8 heteroatoms. The topological polar surface area (TPSA) is 113 Å². The Morgan fingerprint density at radius 3 is 2.67 bits per heavy atom. The number of aliphatic hydroxyl groups excluding tert-OH is 2. The van der Waals surface area contributed by atoms with Gasteiger partial charge in [0.1, 0.15) is 11.9 Å². The molecule has 3 fully saturated rings. The Morgan fingerprint density at radius 2 is 1.92 bits per heavy atom. The molecule has 2 aromatic carbocycles. The number of fused-ring (bicyclic) bond motifs is 2. The molecule has 0 amide bonds. The molecule has 0 saturated heterocycles. The standard InChI is InChI=1S/C31H29N5O3/c1-17-7-6-8-19(13-17)11-12-24-34-29(33-23-14-21(23)20-9-4-3-5-10-20)25-30(35-24)36(16-32-25)26-22-15-31(22,18(2)37)28(39)27(26)38/h3-10,13,16,21-23,26-28,38-39H,14-15H2,1-2H3,(H,33,34,35)/t21?,22?,23-,26-,27+,28?,31-/m1/s1. The monoisotopic (exact) mass is 519 g/mol. The van der Waals surface area contributed by atoms with Crippen molar-refractivity contribution in [1.82, 2.24) is 19.5 Å². The number of nitrogens with one attached hydrogen (secondary N) is 1. The number of aromatic nitrogens is 4. The lowest BCUT2D eigenvalue weighted by Gasteiger charge is -2.23. The number of Topliss-reactive ketones (excluding diaryl/α,β-unsaturated/α-hetero) is 1. The minimum Gasteiger partial charge on any atom is -0.389 e. The summed E-state index contributed by atoms with van der Waals surface area (Å²) in [6, 6.07) is 18.0. The van der Waals surface area contributed by atoms with Crippen LogP contribution in [-0.2, 0) is 4.79 Å². The number of carbonyl (C=O) groups is 1. The number of hydrogen-bond acceptors (Lipinski definition) is 7. The van der Waals surface area contributed by atoms with Crippen LogP contribution in [0, 0.1) is 30.1 Å². The summed E-state index contributed by atoms with van der Waals surface area (Å²) in [6.45, 7) is 3.51. The van der Waals surface area contributed by atoms with Gasteiger partial charge in [0, 0.05) is 17.5 Å². The van der Waals surface area contributed by atoms with Crippen LogP contribution in [0.5, 0.6) is 0 Å². The van der Waals surface area contributed by atoms with Crippen LogP contribution in [0.1, 0.15) is 54.2 Å². The van der Waals surface area contributed by atoms with E-state index in [0.717, 1.165) is 17.5 Å². The molecule has 4 aromatic rings. The van der Waals surface area contributed by atoms with Crippen molar-refractivity contribution in [3.05, 3.63) is 83.4 Å². The zero-order valence-corrected chi connectivity index (χ0v) is 21.7. The molecular weight excluding hydrogens is 490 g/mol. The second-order valence-electron chi connectivity index (χ2n) is 11.2. The number of hydrogen-bond donors (Lipinski definition) is 3. The fourth-order valence-electron chi connectivity index (χ4n) is 6.51. The molecule has 0 spiro atoms. The lowest BCUT2D eigenvalue weighted by atomic mass is 9.95. The van der Waals surface area contributed by atoms with Crippen LogP contribution in [0.3, 0.4) is 0 Å². The zero-order valence-electron chi connectivity index (χ0n) is 21.7. The van der Waals surface area contributed by atoms with Gasteiger partial charge in [0.15, 0.2) is 17.0 Å². The molecule has 3 aliphatic rings. The molecule has 2 heterocycles. The molecule has 8 nitrogen and oxygen atoms in total. The number of benzene rings is 2. The summed E-state index contributed by atoms with van der Waals surface area (Å²) in [7, 11) is 0. The van der Waals surface area contributed by atoms with Crippen molar-refractivity contribution in [2.24, 2.45) is 11.3 Å². The molecule has 0 radical (unpaired) electrons. The van der Waals surface area contributed by atoms with E-state index in [1.165, 1.54) is 12.5 Å². The Bertz CT molecular complexity index is 1670. The van der Waals surface area contributed by atoms with Crippen LogP contribution < -0.4 is 5.32 Å². The summed E-state index contributed by atoms with van der Waals surface area (Å²) in [5.41, 5.74) is 3.48. The molecule has 0 bridgehead atoms. The van der Waals surface area contributed by atoms with Gasteiger partial charge in [0.2, 0.25) is 5.82 Å². The number of anilines is 1. The van der Waals surface area contributed by atoms with E-state index in [9.17, 15) is 15.0 Å². The summed E-state index contributed by atoms with van der Waals surface area (Å²) < 4.78 is 1.80. The minimum atomic E-state index is -1.11. The van der Waals surface area contributed by atoms with Gasteiger partial charge in [0.05, 0.1) is 23.9 Å². The summed E-state index contributed by atoms with van der Waals surface area (Å²) in [5, 5.41) is 25.4. The number of carbonyl (C=O) groups excluding carboxylic acids is 1. The van der Waals surface area contributed by atoms with Crippen molar-refractivity contribution >= 4 is 22.8 Å². The highest BCUT2D eigenvalue weighted by Gasteiger charge is 2.74. The van der Waals surface area contributed by atoms with Gasteiger partial charge in [-0.1, -0.05) is 48.4 Å². The molecule has 7 atom stereocenters. The van der Waals surface area contributed by atoms with E-state index in [4.69, 9.17) is 9.97 Å². The van der Waals surface area contributed by atoms with Crippen LogP contribution in [-0.4, -0.2) is 53.8 Å². The van der Waals surface area contributed by atoms with Crippen LogP contribution in [0.4, 0.5) is 5.82 Å². The van der Waals surface area contributed by atoms with Crippen LogP contribution in [0.25, 0.3) is 11.2 Å². The van der Waals surface area contributed by atoms with Gasteiger partial charge in [-0.3, -0.25) is 4.79 Å². The van der Waals surface area contributed by atoms with E-state index in [1.54, 1.807) is 10.9 Å². The third-order valence-corrected chi connectivity index (χ3v) is 8.75. The summed E-state index contributed by atoms with van der Waals surface area (Å²) >= 11 is 0. The highest BCUT2D eigenvalue weighted by Crippen LogP contribution is 2.68. The van der Waals surface area contributed by atoms with E-state index in [2.05, 4.69) is 46.4 Å². The second kappa shape index (κ2) is 8.73. The molecule has 39 heavy (non-hydrogen) atoms. The van der Waals surface area contributed by atoms with Crippen molar-refractivity contribution in [2.75, 3.05) is 5.32 Å².